The largest absolute Gasteiger partial charge is 0.481 e. The first kappa shape index (κ1) is 42.3. The molecule has 0 spiro atoms. The second kappa shape index (κ2) is 27.6. The molecule has 0 aliphatic heterocycles. The SMILES string of the molecule is CCCCCCCCCCCCCCCCCC(=O)OCC(CO)(COC(=O)CCCCC(=O)O)COC(=O)C(O)CC(=O)O. The molecule has 4 N–H and O–H groups in total. The van der Waals surface area contributed by atoms with E-state index in [2.05, 4.69) is 6.92 Å². The topological polar surface area (TPSA) is 194 Å². The van der Waals surface area contributed by atoms with Crippen LogP contribution in [0.2, 0.25) is 0 Å². The fourth-order valence-electron chi connectivity index (χ4n) is 4.63. The number of ether oxygens (including phenoxy) is 3. The van der Waals surface area contributed by atoms with E-state index in [-0.39, 0.29) is 32.1 Å². The Labute approximate surface area is 268 Å². The minimum Gasteiger partial charge on any atom is -0.481 e. The van der Waals surface area contributed by atoms with Crippen LogP contribution in [0.5, 0.6) is 0 Å². The second-order valence-corrected chi connectivity index (χ2v) is 12.0. The third-order valence-electron chi connectivity index (χ3n) is 7.58. The van der Waals surface area contributed by atoms with Gasteiger partial charge < -0.3 is 34.6 Å². The van der Waals surface area contributed by atoms with E-state index in [1.54, 1.807) is 0 Å². The fraction of sp³-hybridized carbons (Fsp3) is 0.848. The summed E-state index contributed by atoms with van der Waals surface area (Å²) in [5.41, 5.74) is -1.54. The Balaban J connectivity index is 4.49. The molecule has 2 atom stereocenters. The number of carboxylic acid groups (broad SMARTS) is 2. The number of esters is 3. The van der Waals surface area contributed by atoms with Gasteiger partial charge in [0, 0.05) is 19.3 Å². The summed E-state index contributed by atoms with van der Waals surface area (Å²) in [6.45, 7) is -0.0340. The Morgan fingerprint density at radius 2 is 0.933 bits per heavy atom. The quantitative estimate of drug-likeness (QED) is 0.0430. The molecular formula is C33H58O12. The molecule has 0 saturated heterocycles. The first-order valence-electron chi connectivity index (χ1n) is 16.8. The Bertz CT molecular complexity index is 831. The Kier molecular flexibility index (Phi) is 25.9. The molecule has 0 aromatic carbocycles. The Hall–Kier alpha value is -2.73. The number of carboxylic acids is 2. The number of hydrogen-bond donors (Lipinski definition) is 4. The lowest BCUT2D eigenvalue weighted by atomic mass is 9.92. The number of rotatable bonds is 31. The first-order valence-corrected chi connectivity index (χ1v) is 16.8. The van der Waals surface area contributed by atoms with E-state index in [1.807, 2.05) is 0 Å². The number of carbonyl (C=O) groups is 5. The number of hydrogen-bond acceptors (Lipinski definition) is 10. The van der Waals surface area contributed by atoms with Crippen molar-refractivity contribution in [3.8, 4) is 0 Å². The second-order valence-electron chi connectivity index (χ2n) is 12.0. The number of unbranched alkanes of at least 4 members (excludes halogenated alkanes) is 15. The van der Waals surface area contributed by atoms with Crippen LogP contribution in [0.3, 0.4) is 0 Å². The number of carbonyl (C=O) groups excluding carboxylic acids is 3. The molecule has 2 unspecified atom stereocenters. The molecule has 0 heterocycles. The number of aliphatic carboxylic acids is 2. The smallest absolute Gasteiger partial charge is 0.335 e. The molecule has 45 heavy (non-hydrogen) atoms. The summed E-state index contributed by atoms with van der Waals surface area (Å²) < 4.78 is 15.5. The van der Waals surface area contributed by atoms with Crippen molar-refractivity contribution in [2.75, 3.05) is 26.4 Å². The lowest BCUT2D eigenvalue weighted by Gasteiger charge is -2.30. The highest BCUT2D eigenvalue weighted by Gasteiger charge is 2.36. The van der Waals surface area contributed by atoms with Crippen molar-refractivity contribution in [2.45, 2.75) is 148 Å². The summed E-state index contributed by atoms with van der Waals surface area (Å²) in [5.74, 6) is -4.86. The van der Waals surface area contributed by atoms with Gasteiger partial charge in [0.05, 0.1) is 18.4 Å². The standard InChI is InChI=1S/C33H58O12/c1-2-3-4-5-6-7-8-9-10-11-12-13-14-15-16-20-30(40)43-24-33(23-34,26-45-32(42)27(35)22-29(38)39)25-44-31(41)21-18-17-19-28(36)37/h27,34-35H,2-26H2,1H3,(H,36,37)(H,38,39). The molecule has 0 bridgehead atoms. The van der Waals surface area contributed by atoms with Crippen LogP contribution in [0.1, 0.15) is 142 Å². The zero-order valence-corrected chi connectivity index (χ0v) is 27.3. The van der Waals surface area contributed by atoms with Gasteiger partial charge in [0.1, 0.15) is 19.8 Å². The van der Waals surface area contributed by atoms with E-state index in [4.69, 9.17) is 24.4 Å². The molecule has 0 amide bonds. The highest BCUT2D eigenvalue weighted by Crippen LogP contribution is 2.21. The number of aliphatic hydroxyl groups is 2. The van der Waals surface area contributed by atoms with Gasteiger partial charge in [-0.25, -0.2) is 4.79 Å². The zero-order valence-electron chi connectivity index (χ0n) is 27.3. The molecule has 0 rings (SSSR count). The summed E-state index contributed by atoms with van der Waals surface area (Å²) >= 11 is 0. The van der Waals surface area contributed by atoms with Crippen LogP contribution in [-0.4, -0.2) is 82.8 Å². The van der Waals surface area contributed by atoms with Crippen molar-refractivity contribution in [2.24, 2.45) is 5.41 Å². The highest BCUT2D eigenvalue weighted by atomic mass is 16.6. The predicted octanol–water partition coefficient (Wildman–Crippen LogP) is 5.34. The fourth-order valence-corrected chi connectivity index (χ4v) is 4.63. The first-order chi connectivity index (χ1) is 21.5. The van der Waals surface area contributed by atoms with Gasteiger partial charge in [-0.2, -0.15) is 0 Å². The Morgan fingerprint density at radius 1 is 0.556 bits per heavy atom. The van der Waals surface area contributed by atoms with Crippen LogP contribution < -0.4 is 0 Å². The lowest BCUT2D eigenvalue weighted by molar-refractivity contribution is -0.171. The van der Waals surface area contributed by atoms with Crippen LogP contribution in [0.15, 0.2) is 0 Å². The minimum absolute atomic E-state index is 0.0785. The summed E-state index contributed by atoms with van der Waals surface area (Å²) in [6, 6.07) is 0. The minimum atomic E-state index is -1.94. The van der Waals surface area contributed by atoms with Gasteiger partial charge in [0.25, 0.3) is 0 Å². The summed E-state index contributed by atoms with van der Waals surface area (Å²) in [5, 5.41) is 37.3. The molecule has 0 saturated carbocycles. The van der Waals surface area contributed by atoms with E-state index in [0.717, 1.165) is 19.3 Å². The van der Waals surface area contributed by atoms with Gasteiger partial charge in [-0.3, -0.25) is 19.2 Å². The van der Waals surface area contributed by atoms with Crippen LogP contribution in [0.4, 0.5) is 0 Å². The third-order valence-corrected chi connectivity index (χ3v) is 7.58. The molecular weight excluding hydrogens is 588 g/mol. The van der Waals surface area contributed by atoms with Crippen molar-refractivity contribution in [3.63, 3.8) is 0 Å². The molecule has 0 radical (unpaired) electrons. The van der Waals surface area contributed by atoms with Crippen molar-refractivity contribution in [1.29, 1.82) is 0 Å². The van der Waals surface area contributed by atoms with Crippen molar-refractivity contribution in [3.05, 3.63) is 0 Å². The molecule has 0 aliphatic carbocycles. The Morgan fingerprint density at radius 3 is 1.33 bits per heavy atom. The normalized spacial score (nSPS) is 13.0. The van der Waals surface area contributed by atoms with Crippen LogP contribution in [0, 0.1) is 5.41 Å². The van der Waals surface area contributed by atoms with E-state index >= 15 is 0 Å². The average molecular weight is 647 g/mol. The molecule has 262 valence electrons. The summed E-state index contributed by atoms with van der Waals surface area (Å²) in [4.78, 5) is 58.0. The summed E-state index contributed by atoms with van der Waals surface area (Å²) in [6.07, 6.45) is 15.6. The van der Waals surface area contributed by atoms with E-state index in [9.17, 15) is 34.2 Å². The number of aliphatic hydroxyl groups excluding tert-OH is 2. The zero-order chi connectivity index (χ0) is 33.8. The van der Waals surface area contributed by atoms with Crippen molar-refractivity contribution >= 4 is 29.8 Å². The highest BCUT2D eigenvalue weighted by molar-refractivity contribution is 5.80. The summed E-state index contributed by atoms with van der Waals surface area (Å²) in [7, 11) is 0. The maximum absolute atomic E-state index is 12.4. The van der Waals surface area contributed by atoms with Gasteiger partial charge in [0.15, 0.2) is 6.10 Å². The maximum Gasteiger partial charge on any atom is 0.335 e. The third kappa shape index (κ3) is 25.2. The van der Waals surface area contributed by atoms with Crippen molar-refractivity contribution < 1.29 is 58.6 Å². The molecule has 12 nitrogen and oxygen atoms in total. The van der Waals surface area contributed by atoms with E-state index < -0.39 is 74.2 Å². The predicted molar refractivity (Wildman–Crippen MR) is 166 cm³/mol. The van der Waals surface area contributed by atoms with Gasteiger partial charge in [0.2, 0.25) is 0 Å². The van der Waals surface area contributed by atoms with Gasteiger partial charge in [-0.1, -0.05) is 96.8 Å². The van der Waals surface area contributed by atoms with E-state index in [1.165, 1.54) is 70.6 Å². The molecule has 0 aliphatic rings. The van der Waals surface area contributed by atoms with Gasteiger partial charge >= 0.3 is 29.8 Å². The van der Waals surface area contributed by atoms with E-state index in [0.29, 0.717) is 6.42 Å². The monoisotopic (exact) mass is 646 g/mol. The maximum atomic E-state index is 12.4. The van der Waals surface area contributed by atoms with Crippen LogP contribution >= 0.6 is 0 Å². The van der Waals surface area contributed by atoms with Crippen molar-refractivity contribution in [1.82, 2.24) is 0 Å². The van der Waals surface area contributed by atoms with Gasteiger partial charge in [-0.05, 0) is 19.3 Å². The lowest BCUT2D eigenvalue weighted by Crippen LogP contribution is -2.43. The van der Waals surface area contributed by atoms with Crippen LogP contribution in [-0.2, 0) is 38.2 Å². The van der Waals surface area contributed by atoms with Gasteiger partial charge in [-0.15, -0.1) is 0 Å². The molecule has 0 fully saturated rings. The van der Waals surface area contributed by atoms with Crippen LogP contribution in [0.25, 0.3) is 0 Å². The molecule has 12 heteroatoms. The molecule has 0 aromatic rings. The average Bonchev–Trinajstić information content (AvgIpc) is 3.00. The molecule has 0 aromatic heterocycles.